The molecule has 144 valence electrons. The summed E-state index contributed by atoms with van der Waals surface area (Å²) in [5, 5.41) is 9.68. The fraction of sp³-hybridized carbons (Fsp3) is 0.412. The number of likely N-dealkylation sites (tertiary alicyclic amines) is 1. The molecule has 2 N–H and O–H groups in total. The van der Waals surface area contributed by atoms with Gasteiger partial charge in [0.05, 0.1) is 13.0 Å². The number of aromatic nitrogens is 3. The van der Waals surface area contributed by atoms with Crippen LogP contribution < -0.4 is 5.56 Å². The first-order valence-electron chi connectivity index (χ1n) is 8.18. The molecule has 27 heavy (non-hydrogen) atoms. The molecule has 0 spiro atoms. The summed E-state index contributed by atoms with van der Waals surface area (Å²) in [4.78, 5) is 36.3. The number of aryl methyl sites for hydroxylation is 1. The number of halogens is 3. The zero-order valence-electron chi connectivity index (χ0n) is 14.4. The van der Waals surface area contributed by atoms with E-state index in [2.05, 4.69) is 15.0 Å². The van der Waals surface area contributed by atoms with E-state index < -0.39 is 42.6 Å². The monoisotopic (exact) mass is 382 g/mol. The van der Waals surface area contributed by atoms with Gasteiger partial charge in [-0.2, -0.15) is 13.2 Å². The Morgan fingerprint density at radius 1 is 1.37 bits per heavy atom. The van der Waals surface area contributed by atoms with Crippen molar-refractivity contribution in [3.8, 4) is 11.4 Å². The largest absolute Gasteiger partial charge is 0.419 e. The second kappa shape index (κ2) is 6.76. The topological polar surface area (TPSA) is 99.2 Å². The SMILES string of the molecule is Cc1nc(-c2ccncc2)[nH]c(=O)c1CC(=O)N1CCC(O)(C(F)(F)F)C1. The number of aliphatic hydroxyl groups is 1. The van der Waals surface area contributed by atoms with E-state index in [0.717, 1.165) is 4.90 Å². The molecular formula is C17H17F3N4O3. The van der Waals surface area contributed by atoms with Gasteiger partial charge in [-0.15, -0.1) is 0 Å². The fourth-order valence-corrected chi connectivity index (χ4v) is 2.97. The van der Waals surface area contributed by atoms with Gasteiger partial charge >= 0.3 is 6.18 Å². The lowest BCUT2D eigenvalue weighted by Crippen LogP contribution is -2.48. The first-order valence-corrected chi connectivity index (χ1v) is 8.18. The number of pyridine rings is 1. The first kappa shape index (κ1) is 19.0. The Morgan fingerprint density at radius 3 is 2.59 bits per heavy atom. The molecule has 3 rings (SSSR count). The summed E-state index contributed by atoms with van der Waals surface area (Å²) >= 11 is 0. The van der Waals surface area contributed by atoms with Crippen molar-refractivity contribution in [2.24, 2.45) is 0 Å². The van der Waals surface area contributed by atoms with Crippen molar-refractivity contribution in [2.45, 2.75) is 31.5 Å². The summed E-state index contributed by atoms with van der Waals surface area (Å²) in [5.74, 6) is -0.356. The highest BCUT2D eigenvalue weighted by molar-refractivity contribution is 5.79. The van der Waals surface area contributed by atoms with Crippen LogP contribution >= 0.6 is 0 Å². The summed E-state index contributed by atoms with van der Waals surface area (Å²) < 4.78 is 38.7. The smallest absolute Gasteiger partial charge is 0.379 e. The summed E-state index contributed by atoms with van der Waals surface area (Å²) in [6.45, 7) is 0.488. The summed E-state index contributed by atoms with van der Waals surface area (Å²) in [7, 11) is 0. The van der Waals surface area contributed by atoms with Gasteiger partial charge in [-0.1, -0.05) is 0 Å². The number of alkyl halides is 3. The number of aromatic amines is 1. The molecule has 1 aliphatic heterocycles. The Hall–Kier alpha value is -2.75. The van der Waals surface area contributed by atoms with Gasteiger partial charge in [0.15, 0.2) is 5.60 Å². The number of nitrogens with zero attached hydrogens (tertiary/aromatic N) is 3. The lowest BCUT2D eigenvalue weighted by Gasteiger charge is -2.26. The van der Waals surface area contributed by atoms with E-state index in [1.54, 1.807) is 19.1 Å². The third kappa shape index (κ3) is 3.70. The minimum atomic E-state index is -4.82. The van der Waals surface area contributed by atoms with E-state index in [9.17, 15) is 27.9 Å². The molecule has 1 saturated heterocycles. The molecule has 0 saturated carbocycles. The van der Waals surface area contributed by atoms with Gasteiger partial charge in [0.2, 0.25) is 5.91 Å². The maximum Gasteiger partial charge on any atom is 0.419 e. The van der Waals surface area contributed by atoms with Gasteiger partial charge in [0.1, 0.15) is 5.82 Å². The van der Waals surface area contributed by atoms with Crippen molar-refractivity contribution in [2.75, 3.05) is 13.1 Å². The zero-order valence-corrected chi connectivity index (χ0v) is 14.4. The molecular weight excluding hydrogens is 365 g/mol. The summed E-state index contributed by atoms with van der Waals surface area (Å²) in [6, 6.07) is 3.31. The van der Waals surface area contributed by atoms with E-state index in [1.807, 2.05) is 0 Å². The van der Waals surface area contributed by atoms with E-state index in [0.29, 0.717) is 17.1 Å². The predicted octanol–water partition coefficient (Wildman–Crippen LogP) is 1.21. The molecule has 2 aromatic rings. The number of hydrogen-bond donors (Lipinski definition) is 2. The van der Waals surface area contributed by atoms with Crippen LogP contribution in [0, 0.1) is 6.92 Å². The van der Waals surface area contributed by atoms with Crippen LogP contribution in [0.2, 0.25) is 0 Å². The lowest BCUT2D eigenvalue weighted by atomic mass is 10.0. The normalized spacial score (nSPS) is 20.1. The van der Waals surface area contributed by atoms with E-state index in [4.69, 9.17) is 0 Å². The molecule has 1 unspecified atom stereocenters. The van der Waals surface area contributed by atoms with Crippen LogP contribution in [0.5, 0.6) is 0 Å². The third-order valence-electron chi connectivity index (χ3n) is 4.63. The molecule has 1 aliphatic rings. The highest BCUT2D eigenvalue weighted by Gasteiger charge is 2.57. The average molecular weight is 382 g/mol. The van der Waals surface area contributed by atoms with Gasteiger partial charge in [-0.05, 0) is 19.1 Å². The fourth-order valence-electron chi connectivity index (χ4n) is 2.97. The molecule has 7 nitrogen and oxygen atoms in total. The van der Waals surface area contributed by atoms with Crippen molar-refractivity contribution in [3.05, 3.63) is 46.1 Å². The molecule has 2 aromatic heterocycles. The number of nitrogens with one attached hydrogen (secondary N) is 1. The van der Waals surface area contributed by atoms with Gasteiger partial charge in [-0.25, -0.2) is 4.98 Å². The molecule has 1 amide bonds. The molecule has 0 aliphatic carbocycles. The van der Waals surface area contributed by atoms with Gasteiger partial charge < -0.3 is 15.0 Å². The second-order valence-corrected chi connectivity index (χ2v) is 6.49. The van der Waals surface area contributed by atoms with Crippen LogP contribution in [-0.4, -0.2) is 55.7 Å². The Bertz CT molecular complexity index is 914. The standard InChI is InChI=1S/C17H17F3N4O3/c1-10-12(15(26)23-14(22-10)11-2-5-21-6-3-11)8-13(25)24-7-4-16(27,9-24)17(18,19)20/h2-3,5-6,27H,4,7-9H2,1H3,(H,22,23,26). The van der Waals surface area contributed by atoms with Gasteiger partial charge in [0, 0.05) is 42.2 Å². The van der Waals surface area contributed by atoms with Gasteiger partial charge in [-0.3, -0.25) is 14.6 Å². The minimum Gasteiger partial charge on any atom is -0.379 e. The molecule has 1 fully saturated rings. The van der Waals surface area contributed by atoms with Crippen molar-refractivity contribution in [3.63, 3.8) is 0 Å². The zero-order chi connectivity index (χ0) is 19.8. The average Bonchev–Trinajstić information content (AvgIpc) is 3.02. The highest BCUT2D eigenvalue weighted by Crippen LogP contribution is 2.37. The molecule has 0 aromatic carbocycles. The Labute approximate surface area is 151 Å². The third-order valence-corrected chi connectivity index (χ3v) is 4.63. The van der Waals surface area contributed by atoms with Crippen molar-refractivity contribution in [1.82, 2.24) is 19.9 Å². The van der Waals surface area contributed by atoms with Crippen LogP contribution in [-0.2, 0) is 11.2 Å². The van der Waals surface area contributed by atoms with E-state index in [-0.39, 0.29) is 12.1 Å². The van der Waals surface area contributed by atoms with Crippen LogP contribution in [0.4, 0.5) is 13.2 Å². The van der Waals surface area contributed by atoms with Crippen LogP contribution in [0.3, 0.4) is 0 Å². The summed E-state index contributed by atoms with van der Waals surface area (Å²) in [5.41, 5.74) is -2.41. The lowest BCUT2D eigenvalue weighted by molar-refractivity contribution is -0.253. The number of rotatable bonds is 3. The Balaban J connectivity index is 1.79. The molecule has 3 heterocycles. The predicted molar refractivity (Wildman–Crippen MR) is 88.7 cm³/mol. The van der Waals surface area contributed by atoms with Crippen molar-refractivity contribution < 1.29 is 23.1 Å². The Kier molecular flexibility index (Phi) is 4.77. The maximum atomic E-state index is 12.9. The Morgan fingerprint density at radius 2 is 2.04 bits per heavy atom. The number of amides is 1. The van der Waals surface area contributed by atoms with E-state index >= 15 is 0 Å². The summed E-state index contributed by atoms with van der Waals surface area (Å²) in [6.07, 6.45) is -2.72. The minimum absolute atomic E-state index is 0.0836. The quantitative estimate of drug-likeness (QED) is 0.831. The number of carbonyl (C=O) groups excluding carboxylic acids is 1. The molecule has 10 heteroatoms. The molecule has 0 bridgehead atoms. The van der Waals surface area contributed by atoms with Crippen LogP contribution in [0.15, 0.2) is 29.3 Å². The maximum absolute atomic E-state index is 12.9. The highest BCUT2D eigenvalue weighted by atomic mass is 19.4. The number of carbonyl (C=O) groups is 1. The molecule has 0 radical (unpaired) electrons. The van der Waals surface area contributed by atoms with Crippen molar-refractivity contribution in [1.29, 1.82) is 0 Å². The van der Waals surface area contributed by atoms with Gasteiger partial charge in [0.25, 0.3) is 5.56 Å². The number of hydrogen-bond acceptors (Lipinski definition) is 5. The molecule has 1 atom stereocenters. The number of H-pyrrole nitrogens is 1. The van der Waals surface area contributed by atoms with Crippen LogP contribution in [0.25, 0.3) is 11.4 Å². The first-order chi connectivity index (χ1) is 12.6. The van der Waals surface area contributed by atoms with Crippen molar-refractivity contribution >= 4 is 5.91 Å². The second-order valence-electron chi connectivity index (χ2n) is 6.49. The van der Waals surface area contributed by atoms with Crippen LogP contribution in [0.1, 0.15) is 17.7 Å². The number of β-amino-alcohol motifs (C(OH)–C–C–N with tert-alkyl or cyclic N) is 1. The van der Waals surface area contributed by atoms with E-state index in [1.165, 1.54) is 12.4 Å².